The molecule has 0 amide bonds. The molecule has 2 heterocycles. The molecule has 0 spiro atoms. The van der Waals surface area contributed by atoms with Gasteiger partial charge in [0.05, 0.1) is 5.76 Å². The maximum atomic E-state index is 6.06. The number of benzene rings is 2. The van der Waals surface area contributed by atoms with E-state index in [0.717, 1.165) is 48.1 Å². The molecule has 1 fully saturated rings. The summed E-state index contributed by atoms with van der Waals surface area (Å²) in [5, 5.41) is 9.31. The lowest BCUT2D eigenvalue weighted by Crippen LogP contribution is -2.24. The molecular formula is C28H33N5O. The molecule has 2 N–H and O–H groups in total. The first-order chi connectivity index (χ1) is 16.7. The number of hydrogen-bond donors (Lipinski definition) is 2. The van der Waals surface area contributed by atoms with Gasteiger partial charge in [-0.1, -0.05) is 43.3 Å². The standard InChI is InChI=1S/C28H33N5O/c1-20-18-23(34-17-16-33-14-5-6-15-33)12-13-25(20)31-28-29-19-21(2)27(32-28)30-26-11-7-9-22-8-3-4-10-24(22)26/h3-4,7-13,19-20H,5-6,14-18H2,1-2H3,(H2,29,30,31,32). The van der Waals surface area contributed by atoms with Gasteiger partial charge in [0.25, 0.3) is 0 Å². The summed E-state index contributed by atoms with van der Waals surface area (Å²) in [5.74, 6) is 2.77. The van der Waals surface area contributed by atoms with Crippen molar-refractivity contribution >= 4 is 28.2 Å². The maximum Gasteiger partial charge on any atom is 0.228 e. The van der Waals surface area contributed by atoms with Crippen molar-refractivity contribution in [3.05, 3.63) is 77.8 Å². The van der Waals surface area contributed by atoms with Crippen molar-refractivity contribution in [1.29, 1.82) is 0 Å². The van der Waals surface area contributed by atoms with E-state index in [9.17, 15) is 0 Å². The van der Waals surface area contributed by atoms with Gasteiger partial charge in [-0.25, -0.2) is 4.98 Å². The summed E-state index contributed by atoms with van der Waals surface area (Å²) in [7, 11) is 0. The Kier molecular flexibility index (Phi) is 6.77. The smallest absolute Gasteiger partial charge is 0.228 e. The molecule has 1 unspecified atom stereocenters. The van der Waals surface area contributed by atoms with E-state index in [-0.39, 0.29) is 0 Å². The van der Waals surface area contributed by atoms with Crippen LogP contribution in [-0.4, -0.2) is 41.1 Å². The van der Waals surface area contributed by atoms with Gasteiger partial charge in [0.15, 0.2) is 0 Å². The molecule has 2 aromatic carbocycles. The minimum Gasteiger partial charge on any atom is -0.497 e. The van der Waals surface area contributed by atoms with Crippen LogP contribution in [0, 0.1) is 12.8 Å². The Labute approximate surface area is 201 Å². The van der Waals surface area contributed by atoms with Crippen molar-refractivity contribution in [2.45, 2.75) is 33.1 Å². The fourth-order valence-corrected chi connectivity index (χ4v) is 4.63. The molecule has 2 aliphatic rings. The second kappa shape index (κ2) is 10.3. The third-order valence-corrected chi connectivity index (χ3v) is 6.65. The molecule has 1 aliphatic carbocycles. The van der Waals surface area contributed by atoms with Crippen LogP contribution >= 0.6 is 0 Å². The minimum atomic E-state index is 0.311. The van der Waals surface area contributed by atoms with Crippen LogP contribution in [0.3, 0.4) is 0 Å². The number of anilines is 3. The molecule has 1 saturated heterocycles. The molecule has 3 aromatic rings. The van der Waals surface area contributed by atoms with Gasteiger partial charge in [-0.15, -0.1) is 0 Å². The van der Waals surface area contributed by atoms with E-state index in [0.29, 0.717) is 11.9 Å². The highest BCUT2D eigenvalue weighted by Crippen LogP contribution is 2.29. The maximum absolute atomic E-state index is 6.06. The molecule has 176 valence electrons. The van der Waals surface area contributed by atoms with Crippen LogP contribution in [0.25, 0.3) is 10.8 Å². The molecule has 34 heavy (non-hydrogen) atoms. The van der Waals surface area contributed by atoms with Gasteiger partial charge in [0.1, 0.15) is 12.4 Å². The Morgan fingerprint density at radius 3 is 2.71 bits per heavy atom. The van der Waals surface area contributed by atoms with E-state index in [1.54, 1.807) is 0 Å². The molecule has 5 rings (SSSR count). The predicted molar refractivity (Wildman–Crippen MR) is 139 cm³/mol. The van der Waals surface area contributed by atoms with Gasteiger partial charge < -0.3 is 15.4 Å². The van der Waals surface area contributed by atoms with E-state index in [2.05, 4.69) is 82.1 Å². The Morgan fingerprint density at radius 1 is 1.03 bits per heavy atom. The van der Waals surface area contributed by atoms with Gasteiger partial charge in [0.2, 0.25) is 5.95 Å². The zero-order valence-corrected chi connectivity index (χ0v) is 20.1. The largest absolute Gasteiger partial charge is 0.497 e. The molecule has 0 radical (unpaired) electrons. The number of aryl methyl sites for hydroxylation is 1. The zero-order chi connectivity index (χ0) is 23.3. The van der Waals surface area contributed by atoms with Crippen LogP contribution in [0.2, 0.25) is 0 Å². The second-order valence-corrected chi connectivity index (χ2v) is 9.26. The van der Waals surface area contributed by atoms with Crippen LogP contribution in [0.5, 0.6) is 0 Å². The summed E-state index contributed by atoms with van der Waals surface area (Å²) in [6.45, 7) is 8.43. The fraction of sp³-hybridized carbons (Fsp3) is 0.357. The van der Waals surface area contributed by atoms with Crippen molar-refractivity contribution in [3.8, 4) is 0 Å². The minimum absolute atomic E-state index is 0.311. The Hall–Kier alpha value is -3.38. The van der Waals surface area contributed by atoms with Gasteiger partial charge in [0, 0.05) is 47.4 Å². The average molecular weight is 456 g/mol. The monoisotopic (exact) mass is 455 g/mol. The average Bonchev–Trinajstić information content (AvgIpc) is 3.37. The number of ether oxygens (including phenoxy) is 1. The summed E-state index contributed by atoms with van der Waals surface area (Å²) in [4.78, 5) is 11.8. The molecule has 6 nitrogen and oxygen atoms in total. The number of likely N-dealkylation sites (tertiary alicyclic amines) is 1. The number of aromatic nitrogens is 2. The predicted octanol–water partition coefficient (Wildman–Crippen LogP) is 6.01. The molecule has 0 saturated carbocycles. The number of nitrogens with one attached hydrogen (secondary N) is 2. The highest BCUT2D eigenvalue weighted by molar-refractivity contribution is 5.95. The van der Waals surface area contributed by atoms with E-state index >= 15 is 0 Å². The summed E-state index contributed by atoms with van der Waals surface area (Å²) in [6.07, 6.45) is 9.55. The first-order valence-electron chi connectivity index (χ1n) is 12.3. The Morgan fingerprint density at radius 2 is 1.85 bits per heavy atom. The van der Waals surface area contributed by atoms with Crippen LogP contribution in [0.1, 0.15) is 31.7 Å². The quantitative estimate of drug-likeness (QED) is 0.433. The van der Waals surface area contributed by atoms with Crippen LogP contribution in [0.15, 0.2) is 72.3 Å². The lowest BCUT2D eigenvalue weighted by atomic mass is 9.97. The number of fused-ring (bicyclic) bond motifs is 1. The zero-order valence-electron chi connectivity index (χ0n) is 20.1. The van der Waals surface area contributed by atoms with Gasteiger partial charge in [-0.05, 0) is 56.5 Å². The number of nitrogens with zero attached hydrogens (tertiary/aromatic N) is 3. The second-order valence-electron chi connectivity index (χ2n) is 9.26. The number of rotatable bonds is 8. The van der Waals surface area contributed by atoms with Crippen LogP contribution in [0.4, 0.5) is 17.5 Å². The third kappa shape index (κ3) is 5.23. The number of hydrogen-bond acceptors (Lipinski definition) is 6. The van der Waals surface area contributed by atoms with E-state index in [1.807, 2.05) is 13.1 Å². The topological polar surface area (TPSA) is 62.3 Å². The lowest BCUT2D eigenvalue weighted by molar-refractivity contribution is 0.160. The van der Waals surface area contributed by atoms with E-state index < -0.39 is 0 Å². The fourth-order valence-electron chi connectivity index (χ4n) is 4.63. The molecule has 0 bridgehead atoms. The highest BCUT2D eigenvalue weighted by atomic mass is 16.5. The summed E-state index contributed by atoms with van der Waals surface area (Å²) < 4.78 is 6.06. The van der Waals surface area contributed by atoms with Gasteiger partial charge in [-0.3, -0.25) is 4.90 Å². The molecule has 1 aromatic heterocycles. The SMILES string of the molecule is Cc1cnc(NC2=CC=C(OCCN3CCCC3)CC2C)nc1Nc1cccc2ccccc12. The van der Waals surface area contributed by atoms with Crippen molar-refractivity contribution in [1.82, 2.24) is 14.9 Å². The Balaban J connectivity index is 1.26. The first kappa shape index (κ1) is 22.4. The van der Waals surface area contributed by atoms with Crippen molar-refractivity contribution in [2.24, 2.45) is 5.92 Å². The van der Waals surface area contributed by atoms with E-state index in [4.69, 9.17) is 9.72 Å². The molecule has 1 aliphatic heterocycles. The van der Waals surface area contributed by atoms with E-state index in [1.165, 1.54) is 36.7 Å². The van der Waals surface area contributed by atoms with Crippen LogP contribution < -0.4 is 10.6 Å². The lowest BCUT2D eigenvalue weighted by Gasteiger charge is -2.23. The summed E-state index contributed by atoms with van der Waals surface area (Å²) in [6, 6.07) is 14.6. The van der Waals surface area contributed by atoms with Gasteiger partial charge in [-0.2, -0.15) is 4.98 Å². The molecular weight excluding hydrogens is 422 g/mol. The third-order valence-electron chi connectivity index (χ3n) is 6.65. The first-order valence-corrected chi connectivity index (χ1v) is 12.3. The molecule has 6 heteroatoms. The number of allylic oxidation sites excluding steroid dienone is 4. The normalized spacial score (nSPS) is 18.5. The van der Waals surface area contributed by atoms with Crippen molar-refractivity contribution < 1.29 is 4.74 Å². The molecule has 1 atom stereocenters. The Bertz CT molecular complexity index is 1210. The van der Waals surface area contributed by atoms with Crippen molar-refractivity contribution in [3.63, 3.8) is 0 Å². The van der Waals surface area contributed by atoms with Gasteiger partial charge >= 0.3 is 0 Å². The highest BCUT2D eigenvalue weighted by Gasteiger charge is 2.18. The van der Waals surface area contributed by atoms with Crippen LogP contribution in [-0.2, 0) is 4.74 Å². The van der Waals surface area contributed by atoms with Crippen molar-refractivity contribution in [2.75, 3.05) is 36.9 Å². The summed E-state index contributed by atoms with van der Waals surface area (Å²) in [5.41, 5.74) is 3.14. The summed E-state index contributed by atoms with van der Waals surface area (Å²) >= 11 is 0.